The number of carbonyl (C=O) groups excluding carboxylic acids is 1. The molecule has 0 aliphatic carbocycles. The fourth-order valence-electron chi connectivity index (χ4n) is 2.09. The Morgan fingerprint density at radius 1 is 1.43 bits per heavy atom. The number of rotatable bonds is 6. The quantitative estimate of drug-likeness (QED) is 0.835. The summed E-state index contributed by atoms with van der Waals surface area (Å²) in [5, 5.41) is 14.5. The molecule has 0 aliphatic rings. The van der Waals surface area contributed by atoms with Gasteiger partial charge in [0.1, 0.15) is 5.82 Å². The van der Waals surface area contributed by atoms with Crippen molar-refractivity contribution in [1.29, 1.82) is 0 Å². The molecule has 0 unspecified atom stereocenters. The summed E-state index contributed by atoms with van der Waals surface area (Å²) in [4.78, 5) is 12.0. The van der Waals surface area contributed by atoms with Gasteiger partial charge in [-0.15, -0.1) is 0 Å². The fraction of sp³-hybridized carbons (Fsp3) is 0.500. The average Bonchev–Trinajstić information content (AvgIpc) is 3.06. The van der Waals surface area contributed by atoms with Crippen molar-refractivity contribution in [3.63, 3.8) is 0 Å². The van der Waals surface area contributed by atoms with Gasteiger partial charge in [0.05, 0.1) is 18.3 Å². The molecule has 2 aromatic heterocycles. The normalized spacial score (nSPS) is 13.9. The first-order chi connectivity index (χ1) is 9.97. The minimum Gasteiger partial charge on any atom is -0.310 e. The van der Waals surface area contributed by atoms with Gasteiger partial charge in [0, 0.05) is 31.5 Å². The van der Waals surface area contributed by atoms with Gasteiger partial charge >= 0.3 is 0 Å². The molecule has 0 saturated carbocycles. The molecule has 0 saturated heterocycles. The van der Waals surface area contributed by atoms with Crippen LogP contribution >= 0.6 is 0 Å². The van der Waals surface area contributed by atoms with Gasteiger partial charge in [0.15, 0.2) is 0 Å². The molecule has 0 aromatic carbocycles. The zero-order chi connectivity index (χ0) is 15.4. The van der Waals surface area contributed by atoms with Gasteiger partial charge in [0.2, 0.25) is 5.91 Å². The molecule has 2 N–H and O–H groups in total. The largest absolute Gasteiger partial charge is 0.310 e. The van der Waals surface area contributed by atoms with Crippen LogP contribution in [0.1, 0.15) is 25.6 Å². The third-order valence-corrected chi connectivity index (χ3v) is 3.52. The predicted molar refractivity (Wildman–Crippen MR) is 81.0 cm³/mol. The Hall–Kier alpha value is -2.15. The molecule has 2 aromatic rings. The lowest BCUT2D eigenvalue weighted by molar-refractivity contribution is -0.115. The Morgan fingerprint density at radius 2 is 2.19 bits per heavy atom. The highest BCUT2D eigenvalue weighted by Gasteiger charge is 2.15. The van der Waals surface area contributed by atoms with E-state index in [0.29, 0.717) is 5.82 Å². The predicted octanol–water partition coefficient (Wildman–Crippen LogP) is 1.10. The molecule has 1 amide bonds. The maximum Gasteiger partial charge on any atom is 0.239 e. The van der Waals surface area contributed by atoms with Crippen LogP contribution in [0.15, 0.2) is 24.5 Å². The molecule has 2 heterocycles. The number of anilines is 1. The highest BCUT2D eigenvalue weighted by molar-refractivity contribution is 5.91. The van der Waals surface area contributed by atoms with Gasteiger partial charge in [-0.3, -0.25) is 14.2 Å². The van der Waals surface area contributed by atoms with Crippen molar-refractivity contribution in [3.05, 3.63) is 30.2 Å². The van der Waals surface area contributed by atoms with E-state index < -0.39 is 0 Å². The van der Waals surface area contributed by atoms with Crippen LogP contribution in [0.4, 0.5) is 5.82 Å². The number of aromatic nitrogens is 4. The summed E-state index contributed by atoms with van der Waals surface area (Å²) in [5.41, 5.74) is 0.876. The van der Waals surface area contributed by atoms with Crippen LogP contribution in [0.3, 0.4) is 0 Å². The first kappa shape index (κ1) is 15.2. The van der Waals surface area contributed by atoms with Gasteiger partial charge in [-0.05, 0) is 26.8 Å². The summed E-state index contributed by atoms with van der Waals surface area (Å²) in [7, 11) is 1.80. The Balaban J connectivity index is 1.82. The van der Waals surface area contributed by atoms with Gasteiger partial charge in [-0.1, -0.05) is 0 Å². The summed E-state index contributed by atoms with van der Waals surface area (Å²) < 4.78 is 3.53. The number of amides is 1. The SMILES string of the molecule is Cc1cc(NC(=O)CN[C@@H](C)[C@@H](C)n2cccn2)n(C)n1. The molecule has 0 bridgehead atoms. The Morgan fingerprint density at radius 3 is 2.76 bits per heavy atom. The van der Waals surface area contributed by atoms with Gasteiger partial charge in [-0.25, -0.2) is 0 Å². The van der Waals surface area contributed by atoms with E-state index in [4.69, 9.17) is 0 Å². The van der Waals surface area contributed by atoms with Crippen molar-refractivity contribution < 1.29 is 4.79 Å². The van der Waals surface area contributed by atoms with Crippen LogP contribution < -0.4 is 10.6 Å². The molecule has 2 rings (SSSR count). The van der Waals surface area contributed by atoms with Crippen molar-refractivity contribution in [3.8, 4) is 0 Å². The standard InChI is InChI=1S/C14H22N6O/c1-10-8-13(19(4)18-10)17-14(21)9-15-11(2)12(3)20-7-5-6-16-20/h5-8,11-12,15H,9H2,1-4H3,(H,17,21)/t11-,12+/m0/s1. The Bertz CT molecular complexity index is 589. The molecule has 21 heavy (non-hydrogen) atoms. The Kier molecular flexibility index (Phi) is 4.74. The minimum atomic E-state index is -0.0856. The monoisotopic (exact) mass is 290 g/mol. The van der Waals surface area contributed by atoms with E-state index in [1.54, 1.807) is 17.9 Å². The lowest BCUT2D eigenvalue weighted by atomic mass is 10.2. The van der Waals surface area contributed by atoms with Crippen molar-refractivity contribution in [2.45, 2.75) is 32.9 Å². The molecule has 0 aliphatic heterocycles. The molecular formula is C14H22N6O. The van der Waals surface area contributed by atoms with Gasteiger partial charge in [0.25, 0.3) is 0 Å². The maximum atomic E-state index is 12.0. The lowest BCUT2D eigenvalue weighted by Crippen LogP contribution is -2.39. The van der Waals surface area contributed by atoms with E-state index in [1.807, 2.05) is 36.9 Å². The van der Waals surface area contributed by atoms with Crippen molar-refractivity contribution in [1.82, 2.24) is 24.9 Å². The highest BCUT2D eigenvalue weighted by atomic mass is 16.2. The number of aryl methyl sites for hydroxylation is 2. The van der Waals surface area contributed by atoms with E-state index in [-0.39, 0.29) is 24.5 Å². The smallest absolute Gasteiger partial charge is 0.239 e. The van der Waals surface area contributed by atoms with Crippen molar-refractivity contribution >= 4 is 11.7 Å². The third-order valence-electron chi connectivity index (χ3n) is 3.52. The summed E-state index contributed by atoms with van der Waals surface area (Å²) in [6.07, 6.45) is 3.67. The maximum absolute atomic E-state index is 12.0. The van der Waals surface area contributed by atoms with Crippen LogP contribution in [0, 0.1) is 6.92 Å². The number of nitrogens with one attached hydrogen (secondary N) is 2. The average molecular weight is 290 g/mol. The lowest BCUT2D eigenvalue weighted by Gasteiger charge is -2.21. The van der Waals surface area contributed by atoms with Gasteiger partial charge in [-0.2, -0.15) is 10.2 Å². The first-order valence-electron chi connectivity index (χ1n) is 7.00. The molecule has 0 spiro atoms. The second kappa shape index (κ2) is 6.53. The summed E-state index contributed by atoms with van der Waals surface area (Å²) in [5.74, 6) is 0.615. The molecule has 0 radical (unpaired) electrons. The van der Waals surface area contributed by atoms with Crippen LogP contribution in [0.25, 0.3) is 0 Å². The minimum absolute atomic E-state index is 0.0856. The summed E-state index contributed by atoms with van der Waals surface area (Å²) >= 11 is 0. The first-order valence-corrected chi connectivity index (χ1v) is 7.00. The van der Waals surface area contributed by atoms with Crippen LogP contribution in [-0.2, 0) is 11.8 Å². The molecule has 114 valence electrons. The van der Waals surface area contributed by atoms with E-state index in [0.717, 1.165) is 5.69 Å². The van der Waals surface area contributed by atoms with E-state index in [9.17, 15) is 4.79 Å². The van der Waals surface area contributed by atoms with Crippen molar-refractivity contribution in [2.24, 2.45) is 7.05 Å². The molecule has 0 fully saturated rings. The summed E-state index contributed by atoms with van der Waals surface area (Å²) in [6.45, 7) is 6.24. The van der Waals surface area contributed by atoms with Crippen LogP contribution in [0.2, 0.25) is 0 Å². The number of nitrogens with zero attached hydrogens (tertiary/aromatic N) is 4. The zero-order valence-corrected chi connectivity index (χ0v) is 12.9. The van der Waals surface area contributed by atoms with E-state index in [2.05, 4.69) is 27.8 Å². The summed E-state index contributed by atoms with van der Waals surface area (Å²) in [6, 6.07) is 4.03. The highest BCUT2D eigenvalue weighted by Crippen LogP contribution is 2.09. The second-order valence-electron chi connectivity index (χ2n) is 5.24. The van der Waals surface area contributed by atoms with Crippen LogP contribution in [0.5, 0.6) is 0 Å². The van der Waals surface area contributed by atoms with Crippen molar-refractivity contribution in [2.75, 3.05) is 11.9 Å². The number of hydrogen-bond donors (Lipinski definition) is 2. The topological polar surface area (TPSA) is 76.8 Å². The number of hydrogen-bond acceptors (Lipinski definition) is 4. The van der Waals surface area contributed by atoms with Crippen LogP contribution in [-0.4, -0.2) is 38.1 Å². The molecular weight excluding hydrogens is 268 g/mol. The Labute approximate surface area is 124 Å². The van der Waals surface area contributed by atoms with Gasteiger partial charge < -0.3 is 10.6 Å². The molecule has 7 heteroatoms. The zero-order valence-electron chi connectivity index (χ0n) is 12.9. The van der Waals surface area contributed by atoms with E-state index in [1.165, 1.54) is 0 Å². The second-order valence-corrected chi connectivity index (χ2v) is 5.24. The van der Waals surface area contributed by atoms with E-state index >= 15 is 0 Å². The fourth-order valence-corrected chi connectivity index (χ4v) is 2.09. The number of carbonyl (C=O) groups is 1. The molecule has 7 nitrogen and oxygen atoms in total. The molecule has 2 atom stereocenters. The third kappa shape index (κ3) is 3.91.